The van der Waals surface area contributed by atoms with Crippen LogP contribution in [0.4, 0.5) is 11.5 Å². The first-order valence-electron chi connectivity index (χ1n) is 7.96. The van der Waals surface area contributed by atoms with Crippen LogP contribution in [0, 0.1) is 17.0 Å². The lowest BCUT2D eigenvalue weighted by Crippen LogP contribution is -2.46. The second-order valence-electron chi connectivity index (χ2n) is 6.63. The molecule has 0 aliphatic rings. The third kappa shape index (κ3) is 4.76. The number of nitrogens with one attached hydrogen (secondary N) is 2. The Labute approximate surface area is 142 Å². The van der Waals surface area contributed by atoms with Crippen molar-refractivity contribution in [1.82, 2.24) is 10.3 Å². The van der Waals surface area contributed by atoms with Crippen molar-refractivity contribution in [3.8, 4) is 0 Å². The molecule has 2 rings (SSSR count). The monoisotopic (exact) mass is 328 g/mol. The summed E-state index contributed by atoms with van der Waals surface area (Å²) in [5.74, 6) is 0.639. The van der Waals surface area contributed by atoms with Gasteiger partial charge in [-0.15, -0.1) is 0 Å². The van der Waals surface area contributed by atoms with E-state index >= 15 is 0 Å². The van der Waals surface area contributed by atoms with Gasteiger partial charge in [0.1, 0.15) is 12.0 Å². The lowest BCUT2D eigenvalue weighted by molar-refractivity contribution is -0.385. The van der Waals surface area contributed by atoms with E-state index in [2.05, 4.69) is 48.5 Å². The fourth-order valence-corrected chi connectivity index (χ4v) is 2.61. The number of rotatable bonds is 7. The van der Waals surface area contributed by atoms with E-state index in [-0.39, 0.29) is 17.3 Å². The van der Waals surface area contributed by atoms with Crippen molar-refractivity contribution in [3.63, 3.8) is 0 Å². The molecular weight excluding hydrogens is 304 g/mol. The van der Waals surface area contributed by atoms with Gasteiger partial charge in [-0.25, -0.2) is 4.98 Å². The van der Waals surface area contributed by atoms with Gasteiger partial charge in [0.2, 0.25) is 0 Å². The molecule has 128 valence electrons. The predicted molar refractivity (Wildman–Crippen MR) is 96.2 cm³/mol. The van der Waals surface area contributed by atoms with Crippen LogP contribution < -0.4 is 10.6 Å². The maximum Gasteiger partial charge on any atom is 0.290 e. The van der Waals surface area contributed by atoms with Crippen molar-refractivity contribution in [3.05, 3.63) is 63.8 Å². The minimum absolute atomic E-state index is 0.0376. The summed E-state index contributed by atoms with van der Waals surface area (Å²) in [7, 11) is 0. The molecule has 1 aromatic carbocycles. The highest BCUT2D eigenvalue weighted by Gasteiger charge is 2.21. The van der Waals surface area contributed by atoms with Gasteiger partial charge < -0.3 is 10.6 Å². The second kappa shape index (κ2) is 7.40. The number of pyridine rings is 1. The molecule has 1 aromatic heterocycles. The zero-order valence-electron chi connectivity index (χ0n) is 14.5. The zero-order chi connectivity index (χ0) is 17.7. The number of nitro groups is 1. The molecule has 6 heteroatoms. The van der Waals surface area contributed by atoms with Crippen LogP contribution in [0.15, 0.2) is 42.6 Å². The number of hydrogen-bond acceptors (Lipinski definition) is 5. The predicted octanol–water partition coefficient (Wildman–Crippen LogP) is 3.84. The summed E-state index contributed by atoms with van der Waals surface area (Å²) in [6, 6.07) is 12.2. The summed E-state index contributed by atoms with van der Waals surface area (Å²) in [4.78, 5) is 14.5. The van der Waals surface area contributed by atoms with Crippen LogP contribution in [-0.4, -0.2) is 22.0 Å². The molecule has 2 N–H and O–H groups in total. The number of aryl methyl sites for hydroxylation is 1. The van der Waals surface area contributed by atoms with Crippen molar-refractivity contribution in [2.45, 2.75) is 39.3 Å². The Bertz CT molecular complexity index is 701. The quantitative estimate of drug-likeness (QED) is 0.596. The van der Waals surface area contributed by atoms with Gasteiger partial charge in [-0.3, -0.25) is 10.1 Å². The van der Waals surface area contributed by atoms with Crippen molar-refractivity contribution < 1.29 is 4.92 Å². The van der Waals surface area contributed by atoms with Gasteiger partial charge in [-0.05, 0) is 39.3 Å². The standard InChI is InChI=1S/C18H24N4O2/c1-13-10-17(19-11-16(13)22(23)24)20-12-18(3,4)21-14(2)15-8-6-5-7-9-15/h5-11,14,21H,12H2,1-4H3,(H,19,20). The number of hydrogen-bond donors (Lipinski definition) is 2. The number of nitrogens with zero attached hydrogens (tertiary/aromatic N) is 2. The number of aromatic nitrogens is 1. The zero-order valence-corrected chi connectivity index (χ0v) is 14.5. The van der Waals surface area contributed by atoms with Crippen LogP contribution in [0.3, 0.4) is 0 Å². The Kier molecular flexibility index (Phi) is 5.51. The van der Waals surface area contributed by atoms with E-state index in [0.717, 1.165) is 0 Å². The minimum atomic E-state index is -0.418. The summed E-state index contributed by atoms with van der Waals surface area (Å²) in [5.41, 5.74) is 1.69. The van der Waals surface area contributed by atoms with E-state index < -0.39 is 4.92 Å². The molecule has 0 amide bonds. The van der Waals surface area contributed by atoms with Crippen LogP contribution in [0.2, 0.25) is 0 Å². The summed E-state index contributed by atoms with van der Waals surface area (Å²) < 4.78 is 0. The first-order chi connectivity index (χ1) is 11.3. The fraction of sp³-hybridized carbons (Fsp3) is 0.389. The van der Waals surface area contributed by atoms with Crippen molar-refractivity contribution >= 4 is 11.5 Å². The maximum atomic E-state index is 10.8. The highest BCUT2D eigenvalue weighted by atomic mass is 16.6. The molecule has 6 nitrogen and oxygen atoms in total. The lowest BCUT2D eigenvalue weighted by Gasteiger charge is -2.31. The first-order valence-corrected chi connectivity index (χ1v) is 7.96. The molecule has 24 heavy (non-hydrogen) atoms. The van der Waals surface area contributed by atoms with Gasteiger partial charge in [0.15, 0.2) is 0 Å². The number of anilines is 1. The normalized spacial score (nSPS) is 12.7. The molecular formula is C18H24N4O2. The molecule has 0 radical (unpaired) electrons. The Balaban J connectivity index is 1.97. The smallest absolute Gasteiger partial charge is 0.290 e. The maximum absolute atomic E-state index is 10.8. The summed E-state index contributed by atoms with van der Waals surface area (Å²) in [6.07, 6.45) is 1.30. The second-order valence-corrected chi connectivity index (χ2v) is 6.63. The molecule has 1 heterocycles. The molecule has 0 bridgehead atoms. The minimum Gasteiger partial charge on any atom is -0.368 e. The Morgan fingerprint density at radius 2 is 1.96 bits per heavy atom. The van der Waals surface area contributed by atoms with Crippen LogP contribution in [0.1, 0.15) is 37.9 Å². The Hall–Kier alpha value is -2.47. The molecule has 0 aliphatic heterocycles. The fourth-order valence-electron chi connectivity index (χ4n) is 2.61. The van der Waals surface area contributed by atoms with Gasteiger partial charge in [0.25, 0.3) is 5.69 Å². The largest absolute Gasteiger partial charge is 0.368 e. The van der Waals surface area contributed by atoms with Crippen LogP contribution in [0.5, 0.6) is 0 Å². The third-order valence-corrected chi connectivity index (χ3v) is 3.90. The van der Waals surface area contributed by atoms with Crippen molar-refractivity contribution in [1.29, 1.82) is 0 Å². The number of benzene rings is 1. The van der Waals surface area contributed by atoms with Gasteiger partial charge >= 0.3 is 0 Å². The molecule has 0 spiro atoms. The highest BCUT2D eigenvalue weighted by Crippen LogP contribution is 2.20. The molecule has 0 aliphatic carbocycles. The van der Waals surface area contributed by atoms with Gasteiger partial charge in [0.05, 0.1) is 4.92 Å². The van der Waals surface area contributed by atoms with E-state index in [1.165, 1.54) is 11.8 Å². The molecule has 0 saturated heterocycles. The van der Waals surface area contributed by atoms with E-state index in [1.54, 1.807) is 13.0 Å². The highest BCUT2D eigenvalue weighted by molar-refractivity contribution is 5.47. The molecule has 1 unspecified atom stereocenters. The van der Waals surface area contributed by atoms with Crippen molar-refractivity contribution in [2.75, 3.05) is 11.9 Å². The van der Waals surface area contributed by atoms with Gasteiger partial charge in [-0.2, -0.15) is 0 Å². The van der Waals surface area contributed by atoms with E-state index in [0.29, 0.717) is 17.9 Å². The molecule has 2 aromatic rings. The third-order valence-electron chi connectivity index (χ3n) is 3.90. The first kappa shape index (κ1) is 17.9. The lowest BCUT2D eigenvalue weighted by atomic mass is 10.0. The topological polar surface area (TPSA) is 80.1 Å². The molecule has 1 atom stereocenters. The van der Waals surface area contributed by atoms with Crippen LogP contribution >= 0.6 is 0 Å². The SMILES string of the molecule is Cc1cc(NCC(C)(C)NC(C)c2ccccc2)ncc1[N+](=O)[O-]. The van der Waals surface area contributed by atoms with Crippen molar-refractivity contribution in [2.24, 2.45) is 0 Å². The van der Waals surface area contributed by atoms with Crippen LogP contribution in [-0.2, 0) is 0 Å². The Morgan fingerprint density at radius 3 is 2.54 bits per heavy atom. The van der Waals surface area contributed by atoms with E-state index in [1.807, 2.05) is 18.2 Å². The Morgan fingerprint density at radius 1 is 1.29 bits per heavy atom. The molecule has 0 saturated carbocycles. The van der Waals surface area contributed by atoms with Gasteiger partial charge in [-0.1, -0.05) is 30.3 Å². The van der Waals surface area contributed by atoms with E-state index in [9.17, 15) is 10.1 Å². The summed E-state index contributed by atoms with van der Waals surface area (Å²) in [5, 5.41) is 17.7. The van der Waals surface area contributed by atoms with Gasteiger partial charge in [0, 0.05) is 23.7 Å². The van der Waals surface area contributed by atoms with Crippen LogP contribution in [0.25, 0.3) is 0 Å². The molecule has 0 fully saturated rings. The average molecular weight is 328 g/mol. The summed E-state index contributed by atoms with van der Waals surface area (Å²) in [6.45, 7) is 8.71. The van der Waals surface area contributed by atoms with E-state index in [4.69, 9.17) is 0 Å². The summed E-state index contributed by atoms with van der Waals surface area (Å²) >= 11 is 0. The average Bonchev–Trinajstić information content (AvgIpc) is 2.53.